The predicted octanol–water partition coefficient (Wildman–Crippen LogP) is 2.08. The number of carbonyl (C=O) groups is 2. The minimum Gasteiger partial charge on any atom is -0.508 e. The average molecular weight is 326 g/mol. The summed E-state index contributed by atoms with van der Waals surface area (Å²) in [5, 5.41) is 9.28. The lowest BCUT2D eigenvalue weighted by Gasteiger charge is -2.18. The molecule has 126 valence electrons. The number of hydrogen-bond donors (Lipinski definition) is 2. The van der Waals surface area contributed by atoms with Gasteiger partial charge in [-0.05, 0) is 43.5 Å². The van der Waals surface area contributed by atoms with Crippen molar-refractivity contribution in [3.8, 4) is 5.75 Å². The predicted molar refractivity (Wildman–Crippen MR) is 93.2 cm³/mol. The summed E-state index contributed by atoms with van der Waals surface area (Å²) >= 11 is 0. The van der Waals surface area contributed by atoms with Crippen molar-refractivity contribution < 1.29 is 14.7 Å². The van der Waals surface area contributed by atoms with Crippen LogP contribution >= 0.6 is 0 Å². The third-order valence-corrected chi connectivity index (χ3v) is 4.00. The first-order valence-corrected chi connectivity index (χ1v) is 7.83. The van der Waals surface area contributed by atoms with Gasteiger partial charge in [-0.1, -0.05) is 30.9 Å². The van der Waals surface area contributed by atoms with E-state index in [2.05, 4.69) is 6.58 Å². The van der Waals surface area contributed by atoms with Crippen molar-refractivity contribution in [3.63, 3.8) is 0 Å². The summed E-state index contributed by atoms with van der Waals surface area (Å²) in [7, 11) is 0. The fourth-order valence-corrected chi connectivity index (χ4v) is 2.61. The van der Waals surface area contributed by atoms with Crippen molar-refractivity contribution in [2.24, 2.45) is 5.73 Å². The van der Waals surface area contributed by atoms with E-state index in [1.54, 1.807) is 37.3 Å². The molecule has 2 amide bonds. The van der Waals surface area contributed by atoms with Gasteiger partial charge in [0.05, 0.1) is 0 Å². The van der Waals surface area contributed by atoms with E-state index < -0.39 is 0 Å². The molecule has 5 nitrogen and oxygen atoms in total. The van der Waals surface area contributed by atoms with Crippen LogP contribution in [0.25, 0.3) is 0 Å². The zero-order valence-electron chi connectivity index (χ0n) is 13.7. The van der Waals surface area contributed by atoms with Crippen LogP contribution in [0.15, 0.2) is 60.2 Å². The highest BCUT2D eigenvalue weighted by Crippen LogP contribution is 2.22. The Labute approximate surface area is 141 Å². The molecule has 5 heteroatoms. The van der Waals surface area contributed by atoms with Crippen LogP contribution < -0.4 is 5.73 Å². The number of hydrogen-bond acceptors (Lipinski definition) is 4. The Bertz CT molecular complexity index is 702. The Balaban J connectivity index is 1.93. The molecule has 1 aliphatic heterocycles. The quantitative estimate of drug-likeness (QED) is 0.593. The first-order valence-electron chi connectivity index (χ1n) is 7.83. The van der Waals surface area contributed by atoms with Gasteiger partial charge in [0.2, 0.25) is 0 Å². The molecule has 0 spiro atoms. The van der Waals surface area contributed by atoms with Crippen molar-refractivity contribution in [1.29, 1.82) is 0 Å². The number of imide groups is 1. The molecule has 0 aromatic heterocycles. The summed E-state index contributed by atoms with van der Waals surface area (Å²) < 4.78 is 0. The topological polar surface area (TPSA) is 83.6 Å². The van der Waals surface area contributed by atoms with Gasteiger partial charge in [-0.2, -0.15) is 0 Å². The van der Waals surface area contributed by atoms with Gasteiger partial charge in [-0.15, -0.1) is 0 Å². The molecule has 0 radical (unpaired) electrons. The van der Waals surface area contributed by atoms with Crippen molar-refractivity contribution in [1.82, 2.24) is 4.90 Å². The number of phenols is 1. The second kappa shape index (κ2) is 7.75. The minimum atomic E-state index is -0.285. The summed E-state index contributed by atoms with van der Waals surface area (Å²) in [6, 6.07) is 6.67. The maximum atomic E-state index is 12.3. The van der Waals surface area contributed by atoms with Crippen LogP contribution in [0.4, 0.5) is 0 Å². The van der Waals surface area contributed by atoms with Crippen molar-refractivity contribution in [2.45, 2.75) is 25.8 Å². The van der Waals surface area contributed by atoms with E-state index in [0.717, 1.165) is 5.56 Å². The molecular formula is C19H22N2O3. The highest BCUT2D eigenvalue weighted by atomic mass is 16.3. The monoisotopic (exact) mass is 326 g/mol. The number of aromatic hydroxyl groups is 1. The Morgan fingerprint density at radius 1 is 1.25 bits per heavy atom. The van der Waals surface area contributed by atoms with Gasteiger partial charge in [-0.3, -0.25) is 14.5 Å². The minimum absolute atomic E-state index is 0.178. The fourth-order valence-electron chi connectivity index (χ4n) is 2.61. The first kappa shape index (κ1) is 17.7. The summed E-state index contributed by atoms with van der Waals surface area (Å²) in [6.07, 6.45) is 5.95. The van der Waals surface area contributed by atoms with Gasteiger partial charge in [0, 0.05) is 23.7 Å². The zero-order valence-corrected chi connectivity index (χ0v) is 13.7. The summed E-state index contributed by atoms with van der Waals surface area (Å²) in [5.74, 6) is -0.338. The van der Waals surface area contributed by atoms with Crippen LogP contribution in [0, 0.1) is 0 Å². The molecule has 1 unspecified atom stereocenters. The Morgan fingerprint density at radius 2 is 1.92 bits per heavy atom. The van der Waals surface area contributed by atoms with E-state index in [9.17, 15) is 14.7 Å². The molecule has 3 N–H and O–H groups in total. The number of benzene rings is 1. The molecule has 1 heterocycles. The number of carbonyl (C=O) groups excluding carboxylic acids is 2. The van der Waals surface area contributed by atoms with Crippen molar-refractivity contribution >= 4 is 11.8 Å². The maximum absolute atomic E-state index is 12.3. The third-order valence-electron chi connectivity index (χ3n) is 4.00. The zero-order chi connectivity index (χ0) is 17.7. The van der Waals surface area contributed by atoms with E-state index >= 15 is 0 Å². The Kier molecular flexibility index (Phi) is 5.71. The van der Waals surface area contributed by atoms with Crippen molar-refractivity contribution in [2.75, 3.05) is 6.54 Å². The molecule has 0 saturated carbocycles. The molecule has 1 aromatic carbocycles. The highest BCUT2D eigenvalue weighted by molar-refractivity contribution is 6.20. The van der Waals surface area contributed by atoms with Gasteiger partial charge in [-0.25, -0.2) is 0 Å². The number of nitrogens with zero attached hydrogens (tertiary/aromatic N) is 1. The second-order valence-corrected chi connectivity index (χ2v) is 5.81. The normalized spacial score (nSPS) is 16.3. The largest absolute Gasteiger partial charge is 0.508 e. The van der Waals surface area contributed by atoms with Crippen LogP contribution in [0.3, 0.4) is 0 Å². The smallest absolute Gasteiger partial charge is 0.261 e. The summed E-state index contributed by atoms with van der Waals surface area (Å²) in [5.41, 5.74) is 7.97. The van der Waals surface area contributed by atoms with E-state index in [1.165, 1.54) is 4.90 Å². The summed E-state index contributed by atoms with van der Waals surface area (Å²) in [6.45, 7) is 5.51. The lowest BCUT2D eigenvalue weighted by molar-refractivity contribution is -0.137. The molecular weight excluding hydrogens is 304 g/mol. The van der Waals surface area contributed by atoms with Crippen molar-refractivity contribution in [3.05, 3.63) is 65.8 Å². The standard InChI is InChI=1S/C19H22N2O3/c1-3-4-5-17-13(2)18(23)21(19(17)24)11-10-15(20)12-14-6-8-16(22)9-7-14/h3-9,15,22H,1,10-12,20H2,2H3/b5-4-. The van der Waals surface area contributed by atoms with Gasteiger partial charge < -0.3 is 10.8 Å². The molecule has 0 fully saturated rings. The second-order valence-electron chi connectivity index (χ2n) is 5.81. The summed E-state index contributed by atoms with van der Waals surface area (Å²) in [4.78, 5) is 25.8. The van der Waals surface area contributed by atoms with E-state index in [-0.39, 0.29) is 23.6 Å². The van der Waals surface area contributed by atoms with Crippen LogP contribution in [0.2, 0.25) is 0 Å². The van der Waals surface area contributed by atoms with Gasteiger partial charge in [0.1, 0.15) is 5.75 Å². The SMILES string of the molecule is C=C/C=C\C1=C(C)C(=O)N(CCC(N)Cc2ccc(O)cc2)C1=O. The first-order chi connectivity index (χ1) is 11.4. The van der Waals surface area contributed by atoms with Crippen LogP contribution in [0.1, 0.15) is 18.9 Å². The number of allylic oxidation sites excluding steroid dienone is 2. The lowest BCUT2D eigenvalue weighted by Crippen LogP contribution is -2.36. The van der Waals surface area contributed by atoms with Crippen LogP contribution in [-0.2, 0) is 16.0 Å². The molecule has 0 bridgehead atoms. The molecule has 1 atom stereocenters. The van der Waals surface area contributed by atoms with E-state index in [1.807, 2.05) is 12.1 Å². The van der Waals surface area contributed by atoms with Crippen LogP contribution in [-0.4, -0.2) is 34.4 Å². The van der Waals surface area contributed by atoms with Gasteiger partial charge in [0.25, 0.3) is 11.8 Å². The molecule has 1 aliphatic rings. The molecule has 24 heavy (non-hydrogen) atoms. The molecule has 1 aromatic rings. The third kappa shape index (κ3) is 4.00. The van der Waals surface area contributed by atoms with Crippen LogP contribution in [0.5, 0.6) is 5.75 Å². The Hall–Kier alpha value is -2.66. The number of rotatable bonds is 7. The number of nitrogens with two attached hydrogens (primary N) is 1. The molecule has 0 saturated heterocycles. The highest BCUT2D eigenvalue weighted by Gasteiger charge is 2.34. The maximum Gasteiger partial charge on any atom is 0.261 e. The lowest BCUT2D eigenvalue weighted by atomic mass is 10.0. The van der Waals surface area contributed by atoms with Gasteiger partial charge in [0.15, 0.2) is 0 Å². The van der Waals surface area contributed by atoms with Gasteiger partial charge >= 0.3 is 0 Å². The van der Waals surface area contributed by atoms with E-state index in [4.69, 9.17) is 5.73 Å². The molecule has 0 aliphatic carbocycles. The number of phenolic OH excluding ortho intramolecular Hbond substituents is 1. The number of amides is 2. The fraction of sp³-hybridized carbons (Fsp3) is 0.263. The molecule has 2 rings (SSSR count). The Morgan fingerprint density at radius 3 is 2.54 bits per heavy atom. The average Bonchev–Trinajstić information content (AvgIpc) is 2.76. The van der Waals surface area contributed by atoms with E-state index in [0.29, 0.717) is 30.5 Å².